The Morgan fingerprint density at radius 3 is 2.09 bits per heavy atom. The molecule has 1 amide bonds. The molecular formula is C30H29F6N5O2. The fourth-order valence-electron chi connectivity index (χ4n) is 6.66. The van der Waals surface area contributed by atoms with Gasteiger partial charge in [0, 0.05) is 43.4 Å². The van der Waals surface area contributed by atoms with Gasteiger partial charge in [0.05, 0.1) is 22.5 Å². The second-order valence-electron chi connectivity index (χ2n) is 12.4. The number of benzene rings is 2. The van der Waals surface area contributed by atoms with Crippen molar-refractivity contribution in [1.82, 2.24) is 19.7 Å². The van der Waals surface area contributed by atoms with Gasteiger partial charge in [-0.15, -0.1) is 0 Å². The van der Waals surface area contributed by atoms with Gasteiger partial charge in [0.25, 0.3) is 5.91 Å². The molecule has 0 bridgehead atoms. The highest BCUT2D eigenvalue weighted by Crippen LogP contribution is 2.53. The Bertz CT molecular complexity index is 1530. The summed E-state index contributed by atoms with van der Waals surface area (Å²) in [6.45, 7) is 1.96. The maximum atomic E-state index is 15.1. The number of fused-ring (bicyclic) bond motifs is 1. The van der Waals surface area contributed by atoms with Crippen molar-refractivity contribution in [2.45, 2.75) is 56.3 Å². The van der Waals surface area contributed by atoms with Crippen LogP contribution in [0.15, 0.2) is 36.9 Å². The maximum absolute atomic E-state index is 15.1. The summed E-state index contributed by atoms with van der Waals surface area (Å²) in [7, 11) is 0. The van der Waals surface area contributed by atoms with Crippen LogP contribution < -0.4 is 4.90 Å². The Morgan fingerprint density at radius 2 is 1.56 bits per heavy atom. The summed E-state index contributed by atoms with van der Waals surface area (Å²) in [5.74, 6) is -4.75. The molecule has 0 spiro atoms. The van der Waals surface area contributed by atoms with E-state index in [0.717, 1.165) is 29.0 Å². The zero-order chi connectivity index (χ0) is 30.3. The van der Waals surface area contributed by atoms with E-state index in [1.165, 1.54) is 38.1 Å². The fourth-order valence-corrected chi connectivity index (χ4v) is 6.66. The van der Waals surface area contributed by atoms with Crippen molar-refractivity contribution in [1.29, 1.82) is 0 Å². The third-order valence-electron chi connectivity index (χ3n) is 9.21. The highest BCUT2D eigenvalue weighted by Gasteiger charge is 2.58. The Hall–Kier alpha value is -3.45. The zero-order valence-electron chi connectivity index (χ0n) is 23.0. The third kappa shape index (κ3) is 4.99. The Morgan fingerprint density at radius 1 is 0.930 bits per heavy atom. The number of hydrogen-bond acceptors (Lipinski definition) is 5. The van der Waals surface area contributed by atoms with E-state index in [4.69, 9.17) is 0 Å². The predicted molar refractivity (Wildman–Crippen MR) is 142 cm³/mol. The van der Waals surface area contributed by atoms with Gasteiger partial charge in [-0.3, -0.25) is 9.69 Å². The number of anilines is 1. The summed E-state index contributed by atoms with van der Waals surface area (Å²) >= 11 is 0. The lowest BCUT2D eigenvalue weighted by atomic mass is 9.78. The first kappa shape index (κ1) is 28.3. The Kier molecular flexibility index (Phi) is 6.62. The number of rotatable bonds is 9. The van der Waals surface area contributed by atoms with Crippen LogP contribution in [0, 0.1) is 35.2 Å². The molecule has 4 aliphatic rings. The summed E-state index contributed by atoms with van der Waals surface area (Å²) in [5.41, 5.74) is -7.67. The molecule has 7 rings (SSSR count). The topological polar surface area (TPSA) is 74.5 Å². The first-order valence-corrected chi connectivity index (χ1v) is 14.5. The molecule has 1 atom stereocenters. The Balaban J connectivity index is 1.28. The molecule has 3 aromatic rings. The summed E-state index contributed by atoms with van der Waals surface area (Å²) in [4.78, 5) is 21.2. The van der Waals surface area contributed by atoms with Crippen molar-refractivity contribution in [2.75, 3.05) is 24.5 Å². The van der Waals surface area contributed by atoms with Gasteiger partial charge in [0.1, 0.15) is 30.1 Å². The molecule has 1 unspecified atom stereocenters. The molecule has 7 nitrogen and oxygen atoms in total. The minimum atomic E-state index is -5.15. The van der Waals surface area contributed by atoms with Crippen molar-refractivity contribution < 1.29 is 36.2 Å². The van der Waals surface area contributed by atoms with Crippen LogP contribution >= 0.6 is 0 Å². The first-order valence-electron chi connectivity index (χ1n) is 14.5. The molecule has 1 aromatic heterocycles. The molecule has 0 saturated heterocycles. The molecular weight excluding hydrogens is 576 g/mol. The van der Waals surface area contributed by atoms with Crippen molar-refractivity contribution in [3.63, 3.8) is 0 Å². The predicted octanol–water partition coefficient (Wildman–Crippen LogP) is 5.19. The van der Waals surface area contributed by atoms with Gasteiger partial charge in [-0.25, -0.2) is 22.8 Å². The van der Waals surface area contributed by atoms with E-state index in [0.29, 0.717) is 30.7 Å². The number of aromatic nitrogens is 3. The lowest BCUT2D eigenvalue weighted by Crippen LogP contribution is -2.51. The molecule has 3 aliphatic carbocycles. The van der Waals surface area contributed by atoms with E-state index in [-0.39, 0.29) is 42.0 Å². The van der Waals surface area contributed by atoms with Crippen LogP contribution in [0.2, 0.25) is 0 Å². The minimum absolute atomic E-state index is 0.0616. The highest BCUT2D eigenvalue weighted by atomic mass is 19.4. The van der Waals surface area contributed by atoms with Crippen molar-refractivity contribution in [2.24, 2.45) is 17.8 Å². The van der Waals surface area contributed by atoms with E-state index in [9.17, 15) is 27.5 Å². The van der Waals surface area contributed by atoms with Crippen LogP contribution in [-0.2, 0) is 16.6 Å². The van der Waals surface area contributed by atoms with Crippen LogP contribution in [0.1, 0.15) is 55.2 Å². The number of alkyl halides is 3. The SMILES string of the molecule is O=C1N(C[C@H]2C[C@H](N(CC3CC3)CC3CC3)C2)c2cc(-n3cncn3)cc(C(F)(F)F)c2C1(O)c1c(F)cc(F)cc1F. The standard InChI is InChI=1S/C30H29F6N5O2/c31-19-7-23(32)27(24(33)8-19)29(43)26-22(30(34,35)36)9-21(41-15-37-14-38-41)10-25(26)40(28(29)42)13-18-5-20(6-18)39(11-16-1-2-16)12-17-3-4-17/h7-10,14-18,20,43H,1-6,11-13H2/t18-,20-,29?. The molecule has 43 heavy (non-hydrogen) atoms. The quantitative estimate of drug-likeness (QED) is 0.340. The fraction of sp³-hybridized carbons (Fsp3) is 0.500. The molecule has 2 heterocycles. The number of carbonyl (C=O) groups excluding carboxylic acids is 1. The van der Waals surface area contributed by atoms with E-state index < -0.39 is 51.8 Å². The molecule has 3 saturated carbocycles. The number of nitrogens with zero attached hydrogens (tertiary/aromatic N) is 5. The third-order valence-corrected chi connectivity index (χ3v) is 9.21. The molecule has 1 N–H and O–H groups in total. The second-order valence-corrected chi connectivity index (χ2v) is 12.4. The summed E-state index contributed by atoms with van der Waals surface area (Å²) in [5, 5.41) is 15.7. The van der Waals surface area contributed by atoms with Crippen LogP contribution in [0.25, 0.3) is 5.69 Å². The van der Waals surface area contributed by atoms with Gasteiger partial charge < -0.3 is 10.0 Å². The van der Waals surface area contributed by atoms with Crippen LogP contribution in [0.3, 0.4) is 0 Å². The van der Waals surface area contributed by atoms with Crippen LogP contribution in [-0.4, -0.2) is 56.4 Å². The maximum Gasteiger partial charge on any atom is 0.416 e. The van der Waals surface area contributed by atoms with Crippen LogP contribution in [0.4, 0.5) is 32.0 Å². The number of hydrogen-bond donors (Lipinski definition) is 1. The van der Waals surface area contributed by atoms with Gasteiger partial charge in [-0.2, -0.15) is 18.3 Å². The van der Waals surface area contributed by atoms with Gasteiger partial charge >= 0.3 is 6.18 Å². The monoisotopic (exact) mass is 605 g/mol. The zero-order valence-corrected chi connectivity index (χ0v) is 23.0. The summed E-state index contributed by atoms with van der Waals surface area (Å²) < 4.78 is 88.9. The van der Waals surface area contributed by atoms with Crippen molar-refractivity contribution >= 4 is 11.6 Å². The smallest absolute Gasteiger partial charge is 0.371 e. The average Bonchev–Trinajstić information content (AvgIpc) is 3.83. The first-order chi connectivity index (χ1) is 20.4. The molecule has 228 valence electrons. The second kappa shape index (κ2) is 10.0. The van der Waals surface area contributed by atoms with Crippen molar-refractivity contribution in [3.8, 4) is 5.69 Å². The van der Waals surface area contributed by atoms with Gasteiger partial charge in [0.15, 0.2) is 0 Å². The lowest BCUT2D eigenvalue weighted by molar-refractivity contribution is -0.142. The lowest BCUT2D eigenvalue weighted by Gasteiger charge is -2.44. The summed E-state index contributed by atoms with van der Waals surface area (Å²) in [6, 6.07) is 2.60. The van der Waals surface area contributed by atoms with Gasteiger partial charge in [-0.1, -0.05) is 0 Å². The number of halogens is 6. The van der Waals surface area contributed by atoms with E-state index in [1.54, 1.807) is 0 Å². The largest absolute Gasteiger partial charge is 0.416 e. The molecule has 13 heteroatoms. The molecule has 2 aromatic carbocycles. The number of carbonyl (C=O) groups is 1. The van der Waals surface area contributed by atoms with Gasteiger partial charge in [-0.05, 0) is 68.4 Å². The average molecular weight is 606 g/mol. The van der Waals surface area contributed by atoms with Crippen LogP contribution in [0.5, 0.6) is 0 Å². The Labute approximate surface area is 243 Å². The molecule has 3 fully saturated rings. The highest BCUT2D eigenvalue weighted by molar-refractivity contribution is 6.10. The normalized spacial score (nSPS) is 25.4. The number of aliphatic hydroxyl groups is 1. The van der Waals surface area contributed by atoms with Crippen molar-refractivity contribution in [3.05, 3.63) is 71.1 Å². The number of amides is 1. The van der Waals surface area contributed by atoms with E-state index >= 15 is 8.78 Å². The van der Waals surface area contributed by atoms with E-state index in [1.807, 2.05) is 0 Å². The molecule has 0 radical (unpaired) electrons. The summed E-state index contributed by atoms with van der Waals surface area (Å²) in [6.07, 6.45) is 3.37. The minimum Gasteiger partial charge on any atom is -0.371 e. The van der Waals surface area contributed by atoms with E-state index in [2.05, 4.69) is 15.0 Å². The molecule has 1 aliphatic heterocycles. The van der Waals surface area contributed by atoms with Gasteiger partial charge in [0.2, 0.25) is 5.60 Å².